The highest BCUT2D eigenvalue weighted by molar-refractivity contribution is 6.42. The van der Waals surface area contributed by atoms with Gasteiger partial charge in [-0.3, -0.25) is 19.7 Å². The van der Waals surface area contributed by atoms with Crippen molar-refractivity contribution in [3.8, 4) is 0 Å². The van der Waals surface area contributed by atoms with Gasteiger partial charge in [0.2, 0.25) is 5.91 Å². The Kier molecular flexibility index (Phi) is 5.51. The minimum atomic E-state index is -0.956. The number of carbonyl (C=O) groups excluding carboxylic acids is 3. The molecule has 0 unspecified atom stereocenters. The van der Waals surface area contributed by atoms with Crippen molar-refractivity contribution in [2.75, 3.05) is 18.4 Å². The molecule has 6 nitrogen and oxygen atoms in total. The van der Waals surface area contributed by atoms with Crippen LogP contribution in [0.2, 0.25) is 5.02 Å². The summed E-state index contributed by atoms with van der Waals surface area (Å²) in [5.41, 5.74) is 1.22. The van der Waals surface area contributed by atoms with Gasteiger partial charge in [0, 0.05) is 16.6 Å². The molecule has 1 fully saturated rings. The van der Waals surface area contributed by atoms with Crippen LogP contribution in [-0.2, 0) is 14.4 Å². The van der Waals surface area contributed by atoms with Gasteiger partial charge in [0.05, 0.1) is 0 Å². The number of aryl methyl sites for hydroxylation is 1. The lowest BCUT2D eigenvalue weighted by molar-refractivity contribution is -0.141. The molecular weight excluding hydrogens is 306 g/mol. The minimum absolute atomic E-state index is 0.231. The molecule has 3 amide bonds. The summed E-state index contributed by atoms with van der Waals surface area (Å²) in [4.78, 5) is 35.6. The van der Waals surface area contributed by atoms with Crippen LogP contribution in [0.3, 0.4) is 0 Å². The van der Waals surface area contributed by atoms with E-state index in [0.29, 0.717) is 23.6 Å². The van der Waals surface area contributed by atoms with Crippen LogP contribution in [0, 0.1) is 12.8 Å². The average molecular weight is 324 g/mol. The quantitative estimate of drug-likeness (QED) is 0.714. The lowest BCUT2D eigenvalue weighted by Gasteiger charge is -2.21. The van der Waals surface area contributed by atoms with Crippen molar-refractivity contribution in [2.45, 2.75) is 19.8 Å². The maximum atomic E-state index is 11.9. The molecule has 118 valence electrons. The van der Waals surface area contributed by atoms with Gasteiger partial charge >= 0.3 is 11.8 Å². The Morgan fingerprint density at radius 2 is 1.86 bits per heavy atom. The van der Waals surface area contributed by atoms with E-state index >= 15 is 0 Å². The second-order valence-electron chi connectivity index (χ2n) is 5.26. The van der Waals surface area contributed by atoms with Gasteiger partial charge in [-0.1, -0.05) is 17.7 Å². The van der Waals surface area contributed by atoms with Gasteiger partial charge in [0.15, 0.2) is 0 Å². The molecule has 0 atom stereocenters. The molecule has 0 aromatic heterocycles. The first-order valence-electron chi connectivity index (χ1n) is 7.10. The van der Waals surface area contributed by atoms with Gasteiger partial charge in [-0.2, -0.15) is 0 Å². The number of imide groups is 1. The second kappa shape index (κ2) is 7.38. The Morgan fingerprint density at radius 3 is 2.55 bits per heavy atom. The molecule has 3 N–H and O–H groups in total. The Balaban J connectivity index is 1.93. The monoisotopic (exact) mass is 323 g/mol. The van der Waals surface area contributed by atoms with E-state index in [9.17, 15) is 14.4 Å². The zero-order valence-corrected chi connectivity index (χ0v) is 13.0. The topological polar surface area (TPSA) is 87.3 Å². The van der Waals surface area contributed by atoms with Gasteiger partial charge in [-0.25, -0.2) is 0 Å². The van der Waals surface area contributed by atoms with E-state index in [-0.39, 0.29) is 5.92 Å². The van der Waals surface area contributed by atoms with E-state index in [1.807, 2.05) is 0 Å². The largest absolute Gasteiger partial charge is 0.317 e. The Morgan fingerprint density at radius 1 is 1.18 bits per heavy atom. The second-order valence-corrected chi connectivity index (χ2v) is 5.69. The van der Waals surface area contributed by atoms with Crippen molar-refractivity contribution in [3.05, 3.63) is 28.8 Å². The highest BCUT2D eigenvalue weighted by Crippen LogP contribution is 2.20. The van der Waals surface area contributed by atoms with E-state index < -0.39 is 17.7 Å². The molecule has 1 heterocycles. The van der Waals surface area contributed by atoms with Crippen LogP contribution in [0.15, 0.2) is 18.2 Å². The van der Waals surface area contributed by atoms with Crippen LogP contribution in [0.5, 0.6) is 0 Å². The summed E-state index contributed by atoms with van der Waals surface area (Å²) < 4.78 is 0. The summed E-state index contributed by atoms with van der Waals surface area (Å²) in [6, 6.07) is 4.97. The molecule has 1 aromatic carbocycles. The smallest absolute Gasteiger partial charge is 0.316 e. The van der Waals surface area contributed by atoms with Gasteiger partial charge < -0.3 is 10.6 Å². The molecule has 7 heteroatoms. The predicted octanol–water partition coefficient (Wildman–Crippen LogP) is 1.23. The van der Waals surface area contributed by atoms with E-state index in [4.69, 9.17) is 11.6 Å². The van der Waals surface area contributed by atoms with Crippen LogP contribution in [-0.4, -0.2) is 30.8 Å². The van der Waals surface area contributed by atoms with E-state index in [1.165, 1.54) is 0 Å². The fourth-order valence-electron chi connectivity index (χ4n) is 2.26. The molecule has 0 aliphatic carbocycles. The van der Waals surface area contributed by atoms with Gasteiger partial charge in [-0.05, 0) is 50.6 Å². The highest BCUT2D eigenvalue weighted by Gasteiger charge is 2.25. The molecule has 0 saturated carbocycles. The number of piperidine rings is 1. The fourth-order valence-corrected chi connectivity index (χ4v) is 2.43. The van der Waals surface area contributed by atoms with Gasteiger partial charge in [0.1, 0.15) is 0 Å². The maximum Gasteiger partial charge on any atom is 0.316 e. The molecule has 2 rings (SSSR count). The fraction of sp³-hybridized carbons (Fsp3) is 0.400. The highest BCUT2D eigenvalue weighted by atomic mass is 35.5. The number of benzene rings is 1. The van der Waals surface area contributed by atoms with Crippen molar-refractivity contribution >= 4 is 35.0 Å². The summed E-state index contributed by atoms with van der Waals surface area (Å²) in [5, 5.41) is 8.20. The number of halogens is 1. The molecule has 1 aliphatic rings. The third-order valence-electron chi connectivity index (χ3n) is 3.60. The van der Waals surface area contributed by atoms with Crippen molar-refractivity contribution < 1.29 is 14.4 Å². The zero-order chi connectivity index (χ0) is 16.1. The molecular formula is C15H18ClN3O3. The number of anilines is 1. The molecule has 0 spiro atoms. The Bertz CT molecular complexity index is 598. The van der Waals surface area contributed by atoms with E-state index in [1.54, 1.807) is 25.1 Å². The zero-order valence-electron chi connectivity index (χ0n) is 12.2. The van der Waals surface area contributed by atoms with Gasteiger partial charge in [0.25, 0.3) is 0 Å². The summed E-state index contributed by atoms with van der Waals surface area (Å²) in [7, 11) is 0. The molecule has 1 saturated heterocycles. The predicted molar refractivity (Wildman–Crippen MR) is 83.6 cm³/mol. The lowest BCUT2D eigenvalue weighted by Crippen LogP contribution is -2.44. The van der Waals surface area contributed by atoms with Crippen LogP contribution in [0.25, 0.3) is 0 Å². The molecule has 1 aliphatic heterocycles. The number of hydrogen-bond donors (Lipinski definition) is 3. The van der Waals surface area contributed by atoms with Crippen LogP contribution in [0.1, 0.15) is 18.4 Å². The molecule has 0 bridgehead atoms. The number of amides is 3. The van der Waals surface area contributed by atoms with Crippen LogP contribution in [0.4, 0.5) is 5.69 Å². The maximum absolute atomic E-state index is 11.9. The molecule has 0 radical (unpaired) electrons. The first-order chi connectivity index (χ1) is 10.5. The van der Waals surface area contributed by atoms with Crippen molar-refractivity contribution in [1.82, 2.24) is 10.6 Å². The number of carbonyl (C=O) groups is 3. The SMILES string of the molecule is Cc1ccc(Cl)cc1NC(=O)C(=O)NC(=O)C1CCNCC1. The van der Waals surface area contributed by atoms with Crippen LogP contribution >= 0.6 is 11.6 Å². The average Bonchev–Trinajstić information content (AvgIpc) is 2.51. The minimum Gasteiger partial charge on any atom is -0.317 e. The summed E-state index contributed by atoms with van der Waals surface area (Å²) in [6.45, 7) is 3.25. The molecule has 22 heavy (non-hydrogen) atoms. The third-order valence-corrected chi connectivity index (χ3v) is 3.84. The molecule has 1 aromatic rings. The summed E-state index contributed by atoms with van der Waals surface area (Å²) in [6.07, 6.45) is 1.32. The Labute approximate surface area is 133 Å². The van der Waals surface area contributed by atoms with Crippen molar-refractivity contribution in [3.63, 3.8) is 0 Å². The van der Waals surface area contributed by atoms with Crippen LogP contribution < -0.4 is 16.0 Å². The first-order valence-corrected chi connectivity index (χ1v) is 7.48. The first kappa shape index (κ1) is 16.5. The normalized spacial score (nSPS) is 15.2. The van der Waals surface area contributed by atoms with Gasteiger partial charge in [-0.15, -0.1) is 0 Å². The van der Waals surface area contributed by atoms with E-state index in [0.717, 1.165) is 18.7 Å². The number of nitrogens with one attached hydrogen (secondary N) is 3. The summed E-state index contributed by atoms with van der Waals surface area (Å²) in [5.74, 6) is -2.47. The van der Waals surface area contributed by atoms with Crippen molar-refractivity contribution in [1.29, 1.82) is 0 Å². The van der Waals surface area contributed by atoms with Crippen molar-refractivity contribution in [2.24, 2.45) is 5.92 Å². The summed E-state index contributed by atoms with van der Waals surface area (Å²) >= 11 is 5.85. The lowest BCUT2D eigenvalue weighted by atomic mass is 9.97. The number of hydrogen-bond acceptors (Lipinski definition) is 4. The van der Waals surface area contributed by atoms with E-state index in [2.05, 4.69) is 16.0 Å². The number of rotatable bonds is 2. The Hall–Kier alpha value is -1.92. The standard InChI is InChI=1S/C15H18ClN3O3/c1-9-2-3-11(16)8-12(9)18-14(21)15(22)19-13(20)10-4-6-17-7-5-10/h2-3,8,10,17H,4-7H2,1H3,(H,18,21)(H,19,20,22). The third kappa shape index (κ3) is 4.29.